The lowest BCUT2D eigenvalue weighted by Gasteiger charge is -2.12. The first-order valence-corrected chi connectivity index (χ1v) is 7.53. The average Bonchev–Trinajstić information content (AvgIpc) is 2.44. The molecule has 2 aromatic rings. The van der Waals surface area contributed by atoms with E-state index in [1.54, 1.807) is 6.07 Å². The van der Waals surface area contributed by atoms with Gasteiger partial charge in [-0.15, -0.1) is 0 Å². The Balaban J connectivity index is 1.97. The molecule has 1 atom stereocenters. The fraction of sp³-hybridized carbons (Fsp3) is 0.188. The smallest absolute Gasteiger partial charge is 0.224 e. The highest BCUT2D eigenvalue weighted by Gasteiger charge is 2.11. The van der Waals surface area contributed by atoms with Crippen LogP contribution >= 0.6 is 27.5 Å². The Morgan fingerprint density at radius 1 is 1.25 bits per heavy atom. The SMILES string of the molecule is CC(CC(=O)Nc1ccc(Br)c(Cl)c1)c1ccccc1. The van der Waals surface area contributed by atoms with Crippen LogP contribution in [0.5, 0.6) is 0 Å². The Bertz CT molecular complexity index is 601. The molecule has 0 radical (unpaired) electrons. The van der Waals surface area contributed by atoms with Gasteiger partial charge in [0.1, 0.15) is 0 Å². The van der Waals surface area contributed by atoms with Crippen molar-refractivity contribution in [3.05, 3.63) is 63.6 Å². The molecule has 2 aromatic carbocycles. The predicted octanol–water partition coefficient (Wildman–Crippen LogP) is 5.23. The van der Waals surface area contributed by atoms with Crippen LogP contribution in [0.2, 0.25) is 5.02 Å². The molecule has 0 spiro atoms. The van der Waals surface area contributed by atoms with E-state index in [0.717, 1.165) is 10.0 Å². The third-order valence-electron chi connectivity index (χ3n) is 3.06. The van der Waals surface area contributed by atoms with Crippen molar-refractivity contribution in [2.75, 3.05) is 5.32 Å². The number of hydrogen-bond donors (Lipinski definition) is 1. The summed E-state index contributed by atoms with van der Waals surface area (Å²) in [5.74, 6) is 0.168. The van der Waals surface area contributed by atoms with E-state index in [4.69, 9.17) is 11.6 Å². The molecular weight excluding hydrogens is 338 g/mol. The monoisotopic (exact) mass is 351 g/mol. The molecule has 0 saturated carbocycles. The normalized spacial score (nSPS) is 11.9. The van der Waals surface area contributed by atoms with Gasteiger partial charge in [0.15, 0.2) is 0 Å². The van der Waals surface area contributed by atoms with Crippen LogP contribution in [0.4, 0.5) is 5.69 Å². The quantitative estimate of drug-likeness (QED) is 0.801. The molecule has 0 saturated heterocycles. The van der Waals surface area contributed by atoms with Gasteiger partial charge in [-0.3, -0.25) is 4.79 Å². The molecule has 0 bridgehead atoms. The van der Waals surface area contributed by atoms with E-state index in [9.17, 15) is 4.79 Å². The first-order valence-electron chi connectivity index (χ1n) is 6.36. The molecule has 0 aliphatic rings. The number of benzene rings is 2. The Hall–Kier alpha value is -1.32. The zero-order valence-electron chi connectivity index (χ0n) is 11.1. The molecule has 4 heteroatoms. The molecule has 104 valence electrons. The number of rotatable bonds is 4. The highest BCUT2D eigenvalue weighted by atomic mass is 79.9. The van der Waals surface area contributed by atoms with Gasteiger partial charge >= 0.3 is 0 Å². The number of hydrogen-bond acceptors (Lipinski definition) is 1. The van der Waals surface area contributed by atoms with Crippen LogP contribution in [0.15, 0.2) is 53.0 Å². The number of anilines is 1. The third kappa shape index (κ3) is 4.09. The van der Waals surface area contributed by atoms with Crippen LogP contribution in [0.3, 0.4) is 0 Å². The Kier molecular flexibility index (Phi) is 5.21. The van der Waals surface area contributed by atoms with E-state index in [1.807, 2.05) is 49.4 Å². The van der Waals surface area contributed by atoms with Crippen LogP contribution in [0, 0.1) is 0 Å². The number of carbonyl (C=O) groups is 1. The molecule has 1 unspecified atom stereocenters. The maximum absolute atomic E-state index is 12.0. The number of halogens is 2. The fourth-order valence-electron chi connectivity index (χ4n) is 1.96. The van der Waals surface area contributed by atoms with Gasteiger partial charge in [0.2, 0.25) is 5.91 Å². The average molecular weight is 353 g/mol. The Morgan fingerprint density at radius 3 is 2.60 bits per heavy atom. The summed E-state index contributed by atoms with van der Waals surface area (Å²) in [5.41, 5.74) is 1.87. The summed E-state index contributed by atoms with van der Waals surface area (Å²) in [7, 11) is 0. The maximum Gasteiger partial charge on any atom is 0.224 e. The highest BCUT2D eigenvalue weighted by Crippen LogP contribution is 2.26. The van der Waals surface area contributed by atoms with E-state index in [2.05, 4.69) is 21.2 Å². The van der Waals surface area contributed by atoms with Gasteiger partial charge in [-0.2, -0.15) is 0 Å². The second-order valence-corrected chi connectivity index (χ2v) is 5.95. The van der Waals surface area contributed by atoms with Gasteiger partial charge < -0.3 is 5.32 Å². The topological polar surface area (TPSA) is 29.1 Å². The summed E-state index contributed by atoms with van der Waals surface area (Å²) in [6, 6.07) is 15.4. The van der Waals surface area contributed by atoms with Gasteiger partial charge in [-0.1, -0.05) is 48.9 Å². The summed E-state index contributed by atoms with van der Waals surface area (Å²) in [4.78, 5) is 12.0. The minimum absolute atomic E-state index is 0.0141. The van der Waals surface area contributed by atoms with Crippen molar-refractivity contribution in [3.63, 3.8) is 0 Å². The van der Waals surface area contributed by atoms with Crippen LogP contribution in [0.1, 0.15) is 24.8 Å². The Morgan fingerprint density at radius 2 is 1.95 bits per heavy atom. The standard InChI is InChI=1S/C16H15BrClNO/c1-11(12-5-3-2-4-6-12)9-16(20)19-13-7-8-14(17)15(18)10-13/h2-8,10-11H,9H2,1H3,(H,19,20). The summed E-state index contributed by atoms with van der Waals surface area (Å²) < 4.78 is 0.815. The maximum atomic E-state index is 12.0. The molecule has 1 amide bonds. The van der Waals surface area contributed by atoms with E-state index in [-0.39, 0.29) is 11.8 Å². The van der Waals surface area contributed by atoms with Crippen molar-refractivity contribution >= 4 is 39.1 Å². The lowest BCUT2D eigenvalue weighted by molar-refractivity contribution is -0.116. The first-order chi connectivity index (χ1) is 9.56. The van der Waals surface area contributed by atoms with Crippen molar-refractivity contribution in [2.45, 2.75) is 19.3 Å². The van der Waals surface area contributed by atoms with Gasteiger partial charge in [0.25, 0.3) is 0 Å². The van der Waals surface area contributed by atoms with Crippen LogP contribution in [-0.2, 0) is 4.79 Å². The number of amides is 1. The molecule has 20 heavy (non-hydrogen) atoms. The molecule has 0 heterocycles. The zero-order chi connectivity index (χ0) is 14.5. The summed E-state index contributed by atoms with van der Waals surface area (Å²) >= 11 is 9.32. The van der Waals surface area contributed by atoms with Crippen LogP contribution in [-0.4, -0.2) is 5.91 Å². The largest absolute Gasteiger partial charge is 0.326 e. The summed E-state index contributed by atoms with van der Waals surface area (Å²) in [6.07, 6.45) is 0.442. The number of nitrogens with one attached hydrogen (secondary N) is 1. The van der Waals surface area contributed by atoms with Crippen molar-refractivity contribution in [1.29, 1.82) is 0 Å². The van der Waals surface area contributed by atoms with Crippen LogP contribution in [0.25, 0.3) is 0 Å². The molecule has 0 aliphatic heterocycles. The molecule has 1 N–H and O–H groups in total. The second kappa shape index (κ2) is 6.91. The molecule has 0 aromatic heterocycles. The van der Waals surface area contributed by atoms with Gasteiger partial charge in [-0.05, 0) is 45.6 Å². The lowest BCUT2D eigenvalue weighted by Crippen LogP contribution is -2.14. The van der Waals surface area contributed by atoms with E-state index in [1.165, 1.54) is 0 Å². The lowest BCUT2D eigenvalue weighted by atomic mass is 9.97. The molecule has 2 nitrogen and oxygen atoms in total. The molecule has 0 fully saturated rings. The van der Waals surface area contributed by atoms with Crippen LogP contribution < -0.4 is 5.32 Å². The Labute approximate surface area is 132 Å². The molecule has 0 aliphatic carbocycles. The van der Waals surface area contributed by atoms with Gasteiger partial charge in [0.05, 0.1) is 5.02 Å². The van der Waals surface area contributed by atoms with Gasteiger partial charge in [0, 0.05) is 16.6 Å². The molecular formula is C16H15BrClNO. The van der Waals surface area contributed by atoms with E-state index >= 15 is 0 Å². The minimum atomic E-state index is -0.0141. The third-order valence-corrected chi connectivity index (χ3v) is 4.30. The first kappa shape index (κ1) is 15.1. The van der Waals surface area contributed by atoms with Crippen molar-refractivity contribution in [3.8, 4) is 0 Å². The number of carbonyl (C=O) groups excluding carboxylic acids is 1. The fourth-order valence-corrected chi connectivity index (χ4v) is 2.39. The summed E-state index contributed by atoms with van der Waals surface area (Å²) in [5, 5.41) is 3.45. The highest BCUT2D eigenvalue weighted by molar-refractivity contribution is 9.10. The van der Waals surface area contributed by atoms with Crippen molar-refractivity contribution in [2.24, 2.45) is 0 Å². The van der Waals surface area contributed by atoms with Crippen molar-refractivity contribution < 1.29 is 4.79 Å². The van der Waals surface area contributed by atoms with Gasteiger partial charge in [-0.25, -0.2) is 0 Å². The zero-order valence-corrected chi connectivity index (χ0v) is 13.4. The predicted molar refractivity (Wildman–Crippen MR) is 87.3 cm³/mol. The minimum Gasteiger partial charge on any atom is -0.326 e. The molecule has 2 rings (SSSR count). The van der Waals surface area contributed by atoms with E-state index < -0.39 is 0 Å². The van der Waals surface area contributed by atoms with E-state index in [0.29, 0.717) is 17.1 Å². The van der Waals surface area contributed by atoms with Crippen molar-refractivity contribution in [1.82, 2.24) is 0 Å². The summed E-state index contributed by atoms with van der Waals surface area (Å²) in [6.45, 7) is 2.05. The second-order valence-electron chi connectivity index (χ2n) is 4.69.